The first-order chi connectivity index (χ1) is 8.65. The SMILES string of the molecule is CC(C)(CNC1CC1)c1ccc2c(c1)OCCO2. The van der Waals surface area contributed by atoms with E-state index < -0.39 is 0 Å². The molecule has 0 aromatic heterocycles. The van der Waals surface area contributed by atoms with Crippen molar-refractivity contribution in [2.24, 2.45) is 0 Å². The Labute approximate surface area is 108 Å². The van der Waals surface area contributed by atoms with E-state index in [2.05, 4.69) is 31.3 Å². The molecule has 1 fully saturated rings. The van der Waals surface area contributed by atoms with Gasteiger partial charge in [0.05, 0.1) is 0 Å². The molecule has 0 unspecified atom stereocenters. The van der Waals surface area contributed by atoms with Crippen LogP contribution in [0, 0.1) is 0 Å². The summed E-state index contributed by atoms with van der Waals surface area (Å²) in [6.45, 7) is 6.86. The Morgan fingerprint density at radius 1 is 1.17 bits per heavy atom. The first-order valence-electron chi connectivity index (χ1n) is 6.79. The summed E-state index contributed by atoms with van der Waals surface area (Å²) in [7, 11) is 0. The van der Waals surface area contributed by atoms with E-state index in [0.717, 1.165) is 24.1 Å². The molecule has 18 heavy (non-hydrogen) atoms. The molecule has 0 saturated heterocycles. The maximum Gasteiger partial charge on any atom is 0.161 e. The monoisotopic (exact) mass is 247 g/mol. The second-order valence-electron chi connectivity index (χ2n) is 5.90. The molecule has 0 atom stereocenters. The van der Waals surface area contributed by atoms with E-state index in [1.54, 1.807) is 0 Å². The van der Waals surface area contributed by atoms with Crippen molar-refractivity contribution in [2.45, 2.75) is 38.1 Å². The molecule has 0 spiro atoms. The van der Waals surface area contributed by atoms with E-state index in [9.17, 15) is 0 Å². The molecule has 1 aromatic carbocycles. The van der Waals surface area contributed by atoms with Gasteiger partial charge in [-0.05, 0) is 30.5 Å². The Kier molecular flexibility index (Phi) is 2.94. The molecule has 3 nitrogen and oxygen atoms in total. The van der Waals surface area contributed by atoms with Crippen LogP contribution in [0.15, 0.2) is 18.2 Å². The number of ether oxygens (including phenoxy) is 2. The van der Waals surface area contributed by atoms with Crippen molar-refractivity contribution in [3.05, 3.63) is 23.8 Å². The predicted octanol–water partition coefficient (Wildman–Crippen LogP) is 2.49. The van der Waals surface area contributed by atoms with Gasteiger partial charge in [0, 0.05) is 18.0 Å². The molecule has 2 aliphatic rings. The van der Waals surface area contributed by atoms with Crippen LogP contribution in [-0.2, 0) is 5.41 Å². The van der Waals surface area contributed by atoms with E-state index in [1.807, 2.05) is 6.07 Å². The average molecular weight is 247 g/mol. The topological polar surface area (TPSA) is 30.5 Å². The van der Waals surface area contributed by atoms with Crippen molar-refractivity contribution in [3.63, 3.8) is 0 Å². The molecule has 3 rings (SSSR count). The normalized spacial score (nSPS) is 18.8. The number of fused-ring (bicyclic) bond motifs is 1. The van der Waals surface area contributed by atoms with Crippen LogP contribution in [-0.4, -0.2) is 25.8 Å². The summed E-state index contributed by atoms with van der Waals surface area (Å²) in [4.78, 5) is 0. The molecule has 1 aromatic rings. The van der Waals surface area contributed by atoms with Gasteiger partial charge in [-0.1, -0.05) is 19.9 Å². The van der Waals surface area contributed by atoms with Crippen LogP contribution in [0.25, 0.3) is 0 Å². The molecule has 0 bridgehead atoms. The van der Waals surface area contributed by atoms with Crippen LogP contribution < -0.4 is 14.8 Å². The minimum absolute atomic E-state index is 0.123. The second kappa shape index (κ2) is 4.47. The number of hydrogen-bond donors (Lipinski definition) is 1. The van der Waals surface area contributed by atoms with E-state index in [0.29, 0.717) is 13.2 Å². The summed E-state index contributed by atoms with van der Waals surface area (Å²) in [5.74, 6) is 1.76. The average Bonchev–Trinajstić information content (AvgIpc) is 3.20. The molecular weight excluding hydrogens is 226 g/mol. The zero-order chi connectivity index (χ0) is 12.6. The molecular formula is C15H21NO2. The summed E-state index contributed by atoms with van der Waals surface area (Å²) in [6.07, 6.45) is 2.66. The van der Waals surface area contributed by atoms with Crippen LogP contribution >= 0.6 is 0 Å². The lowest BCUT2D eigenvalue weighted by atomic mass is 9.84. The first kappa shape index (κ1) is 11.8. The van der Waals surface area contributed by atoms with E-state index in [1.165, 1.54) is 18.4 Å². The second-order valence-corrected chi connectivity index (χ2v) is 5.90. The Balaban J connectivity index is 1.76. The zero-order valence-electron chi connectivity index (χ0n) is 11.2. The van der Waals surface area contributed by atoms with Crippen molar-refractivity contribution < 1.29 is 9.47 Å². The quantitative estimate of drug-likeness (QED) is 0.886. The van der Waals surface area contributed by atoms with Crippen molar-refractivity contribution in [1.82, 2.24) is 5.32 Å². The van der Waals surface area contributed by atoms with Gasteiger partial charge in [0.1, 0.15) is 13.2 Å². The van der Waals surface area contributed by atoms with E-state index in [-0.39, 0.29) is 5.41 Å². The zero-order valence-corrected chi connectivity index (χ0v) is 11.2. The lowest BCUT2D eigenvalue weighted by Crippen LogP contribution is -2.34. The standard InChI is InChI=1S/C15H21NO2/c1-15(2,10-16-12-4-5-12)11-3-6-13-14(9-11)18-8-7-17-13/h3,6,9,12,16H,4-5,7-8,10H2,1-2H3. The van der Waals surface area contributed by atoms with Gasteiger partial charge in [-0.15, -0.1) is 0 Å². The molecule has 0 radical (unpaired) electrons. The summed E-state index contributed by atoms with van der Waals surface area (Å²) in [5.41, 5.74) is 1.43. The highest BCUT2D eigenvalue weighted by atomic mass is 16.6. The molecule has 1 N–H and O–H groups in total. The first-order valence-corrected chi connectivity index (χ1v) is 6.79. The molecule has 3 heteroatoms. The van der Waals surface area contributed by atoms with Gasteiger partial charge in [-0.3, -0.25) is 0 Å². The highest BCUT2D eigenvalue weighted by Gasteiger charge is 2.27. The highest BCUT2D eigenvalue weighted by molar-refractivity contribution is 5.45. The molecule has 1 aliphatic heterocycles. The Morgan fingerprint density at radius 3 is 2.61 bits per heavy atom. The number of benzene rings is 1. The van der Waals surface area contributed by atoms with Crippen molar-refractivity contribution >= 4 is 0 Å². The summed E-state index contributed by atoms with van der Waals surface area (Å²) in [6, 6.07) is 7.06. The van der Waals surface area contributed by atoms with Crippen LogP contribution in [0.4, 0.5) is 0 Å². The maximum absolute atomic E-state index is 5.65. The van der Waals surface area contributed by atoms with E-state index >= 15 is 0 Å². The largest absolute Gasteiger partial charge is 0.486 e. The van der Waals surface area contributed by atoms with Gasteiger partial charge >= 0.3 is 0 Å². The third kappa shape index (κ3) is 2.46. The molecule has 1 aliphatic carbocycles. The Bertz CT molecular complexity index is 438. The Hall–Kier alpha value is -1.22. The van der Waals surface area contributed by atoms with Crippen LogP contribution in [0.1, 0.15) is 32.3 Å². The molecule has 1 saturated carbocycles. The third-order valence-corrected chi connectivity index (χ3v) is 3.73. The predicted molar refractivity (Wildman–Crippen MR) is 71.5 cm³/mol. The third-order valence-electron chi connectivity index (χ3n) is 3.73. The smallest absolute Gasteiger partial charge is 0.161 e. The summed E-state index contributed by atoms with van der Waals surface area (Å²) < 4.78 is 11.2. The van der Waals surface area contributed by atoms with Crippen LogP contribution in [0.5, 0.6) is 11.5 Å². The van der Waals surface area contributed by atoms with Gasteiger partial charge in [0.15, 0.2) is 11.5 Å². The summed E-state index contributed by atoms with van der Waals surface area (Å²) in [5, 5.41) is 3.60. The fraction of sp³-hybridized carbons (Fsp3) is 0.600. The minimum Gasteiger partial charge on any atom is -0.486 e. The van der Waals surface area contributed by atoms with E-state index in [4.69, 9.17) is 9.47 Å². The molecule has 1 heterocycles. The van der Waals surface area contributed by atoms with Crippen molar-refractivity contribution in [3.8, 4) is 11.5 Å². The Morgan fingerprint density at radius 2 is 1.89 bits per heavy atom. The van der Waals surface area contributed by atoms with Crippen molar-refractivity contribution in [2.75, 3.05) is 19.8 Å². The van der Waals surface area contributed by atoms with Gasteiger partial charge in [0.2, 0.25) is 0 Å². The molecule has 98 valence electrons. The highest BCUT2D eigenvalue weighted by Crippen LogP contribution is 2.35. The van der Waals surface area contributed by atoms with Gasteiger partial charge in [-0.2, -0.15) is 0 Å². The number of hydrogen-bond acceptors (Lipinski definition) is 3. The minimum atomic E-state index is 0.123. The van der Waals surface area contributed by atoms with Gasteiger partial charge in [-0.25, -0.2) is 0 Å². The van der Waals surface area contributed by atoms with Crippen LogP contribution in [0.2, 0.25) is 0 Å². The number of rotatable bonds is 4. The van der Waals surface area contributed by atoms with Crippen molar-refractivity contribution in [1.29, 1.82) is 0 Å². The van der Waals surface area contributed by atoms with Gasteiger partial charge < -0.3 is 14.8 Å². The fourth-order valence-corrected chi connectivity index (χ4v) is 2.25. The fourth-order valence-electron chi connectivity index (χ4n) is 2.25. The van der Waals surface area contributed by atoms with Crippen LogP contribution in [0.3, 0.4) is 0 Å². The lowest BCUT2D eigenvalue weighted by Gasteiger charge is -2.28. The summed E-state index contributed by atoms with van der Waals surface area (Å²) >= 11 is 0. The number of nitrogens with one attached hydrogen (secondary N) is 1. The maximum atomic E-state index is 5.65. The van der Waals surface area contributed by atoms with Gasteiger partial charge in [0.25, 0.3) is 0 Å². The lowest BCUT2D eigenvalue weighted by molar-refractivity contribution is 0.171. The molecule has 0 amide bonds.